The lowest BCUT2D eigenvalue weighted by molar-refractivity contribution is -0.142. The molecule has 0 N–H and O–H groups in total. The average molecular weight is 273 g/mol. The van der Waals surface area contributed by atoms with Crippen LogP contribution >= 0.6 is 0 Å². The molecule has 19 heavy (non-hydrogen) atoms. The molecule has 0 fully saturated rings. The fourth-order valence-corrected chi connectivity index (χ4v) is 2.61. The Kier molecular flexibility index (Phi) is 8.97. The summed E-state index contributed by atoms with van der Waals surface area (Å²) in [5.41, 5.74) is 0. The zero-order valence-electron chi connectivity index (χ0n) is 13.6. The first-order chi connectivity index (χ1) is 8.88. The maximum absolute atomic E-state index is 11.4. The summed E-state index contributed by atoms with van der Waals surface area (Å²) in [6.07, 6.45) is 3.15. The molecule has 2 atom stereocenters. The van der Waals surface area contributed by atoms with Gasteiger partial charge in [0.15, 0.2) is 0 Å². The van der Waals surface area contributed by atoms with Gasteiger partial charge >= 0.3 is 5.97 Å². The number of carbonyl (C=O) groups is 1. The lowest BCUT2D eigenvalue weighted by Crippen LogP contribution is -2.55. The molecule has 0 radical (unpaired) electrons. The highest BCUT2D eigenvalue weighted by molar-refractivity contribution is 5.69. The van der Waals surface area contributed by atoms with Gasteiger partial charge in [0.05, 0.1) is 25.9 Å². The van der Waals surface area contributed by atoms with Gasteiger partial charge in [-0.1, -0.05) is 13.8 Å². The summed E-state index contributed by atoms with van der Waals surface area (Å²) in [6, 6.07) is 0. The number of carbonyl (C=O) groups excluding carboxylic acids is 1. The highest BCUT2D eigenvalue weighted by atomic mass is 16.5. The van der Waals surface area contributed by atoms with Crippen LogP contribution in [0.1, 0.15) is 33.1 Å². The number of nitrogens with zero attached hydrogens (tertiary/aromatic N) is 3. The van der Waals surface area contributed by atoms with E-state index in [9.17, 15) is 4.79 Å². The molecule has 0 aliphatic rings. The molecule has 0 aliphatic carbocycles. The molecule has 0 heterocycles. The van der Waals surface area contributed by atoms with Crippen molar-refractivity contribution in [2.24, 2.45) is 0 Å². The predicted octanol–water partition coefficient (Wildman–Crippen LogP) is 1.45. The Morgan fingerprint density at radius 2 is 1.42 bits per heavy atom. The van der Waals surface area contributed by atoms with E-state index >= 15 is 0 Å². The van der Waals surface area contributed by atoms with Crippen LogP contribution < -0.4 is 0 Å². The maximum Gasteiger partial charge on any atom is 0.306 e. The average Bonchev–Trinajstić information content (AvgIpc) is 2.35. The van der Waals surface area contributed by atoms with E-state index in [0.29, 0.717) is 18.8 Å². The number of hydrogen-bond acceptors (Lipinski definition) is 5. The topological polar surface area (TPSA) is 36.0 Å². The molecule has 0 aromatic rings. The van der Waals surface area contributed by atoms with E-state index in [4.69, 9.17) is 4.74 Å². The molecule has 2 unspecified atom stereocenters. The van der Waals surface area contributed by atoms with E-state index in [1.165, 1.54) is 7.11 Å². The highest BCUT2D eigenvalue weighted by Crippen LogP contribution is 2.16. The van der Waals surface area contributed by atoms with Gasteiger partial charge in [0.2, 0.25) is 0 Å². The van der Waals surface area contributed by atoms with Crippen LogP contribution in [0.2, 0.25) is 0 Å². The quantitative estimate of drug-likeness (QED) is 0.469. The van der Waals surface area contributed by atoms with Crippen molar-refractivity contribution in [3.8, 4) is 0 Å². The van der Waals surface area contributed by atoms with Gasteiger partial charge in [-0.05, 0) is 41.0 Å². The van der Waals surface area contributed by atoms with Crippen LogP contribution in [0, 0.1) is 0 Å². The Balaban J connectivity index is 4.94. The van der Waals surface area contributed by atoms with Gasteiger partial charge in [-0.2, -0.15) is 0 Å². The molecule has 0 saturated heterocycles. The second kappa shape index (κ2) is 9.28. The van der Waals surface area contributed by atoms with Crippen LogP contribution in [0.4, 0.5) is 0 Å². The van der Waals surface area contributed by atoms with E-state index < -0.39 is 0 Å². The predicted molar refractivity (Wildman–Crippen MR) is 78.9 cm³/mol. The summed E-state index contributed by atoms with van der Waals surface area (Å²) >= 11 is 0. The first kappa shape index (κ1) is 18.4. The number of esters is 1. The lowest BCUT2D eigenvalue weighted by atomic mass is 10.2. The minimum Gasteiger partial charge on any atom is -0.469 e. The van der Waals surface area contributed by atoms with Crippen LogP contribution in [0.15, 0.2) is 0 Å². The summed E-state index contributed by atoms with van der Waals surface area (Å²) in [6.45, 7) is 5.08. The molecule has 5 nitrogen and oxygen atoms in total. The Labute approximate surface area is 118 Å². The zero-order valence-corrected chi connectivity index (χ0v) is 13.6. The summed E-state index contributed by atoms with van der Waals surface area (Å²) in [5.74, 6) is -0.146. The van der Waals surface area contributed by atoms with Gasteiger partial charge in [-0.15, -0.1) is 0 Å². The van der Waals surface area contributed by atoms with Crippen LogP contribution in [0.3, 0.4) is 0 Å². The Morgan fingerprint density at radius 1 is 1.00 bits per heavy atom. The molecular formula is C14H31N3O2. The monoisotopic (exact) mass is 273 g/mol. The first-order valence-corrected chi connectivity index (χ1v) is 7.04. The minimum atomic E-state index is -0.146. The van der Waals surface area contributed by atoms with Gasteiger partial charge < -0.3 is 4.74 Å². The Hall–Kier alpha value is -0.650. The van der Waals surface area contributed by atoms with Crippen molar-refractivity contribution in [3.05, 3.63) is 0 Å². The summed E-state index contributed by atoms with van der Waals surface area (Å²) in [5, 5.41) is 0. The molecule has 5 heteroatoms. The largest absolute Gasteiger partial charge is 0.469 e. The third kappa shape index (κ3) is 5.89. The standard InChI is InChI=1S/C14H31N3O2/c1-8-12(15(3)4)17(11-10-14(18)19-7)13(9-2)16(5)6/h12-13H,8-11H2,1-7H3. The van der Waals surface area contributed by atoms with E-state index in [-0.39, 0.29) is 5.97 Å². The van der Waals surface area contributed by atoms with E-state index in [2.05, 4.69) is 56.7 Å². The molecule has 0 aliphatic heterocycles. The molecule has 0 spiro atoms. The third-order valence-electron chi connectivity index (χ3n) is 3.49. The second-order valence-corrected chi connectivity index (χ2v) is 5.27. The second-order valence-electron chi connectivity index (χ2n) is 5.27. The molecule has 0 amide bonds. The summed E-state index contributed by atoms with van der Waals surface area (Å²) < 4.78 is 4.76. The van der Waals surface area contributed by atoms with Gasteiger partial charge in [-0.25, -0.2) is 0 Å². The van der Waals surface area contributed by atoms with Gasteiger partial charge in [-0.3, -0.25) is 19.5 Å². The first-order valence-electron chi connectivity index (χ1n) is 7.04. The Morgan fingerprint density at radius 3 is 1.68 bits per heavy atom. The molecule has 0 bridgehead atoms. The maximum atomic E-state index is 11.4. The van der Waals surface area contributed by atoms with E-state index in [1.807, 2.05) is 0 Å². The van der Waals surface area contributed by atoms with Crippen molar-refractivity contribution in [3.63, 3.8) is 0 Å². The fourth-order valence-electron chi connectivity index (χ4n) is 2.61. The van der Waals surface area contributed by atoms with Crippen LogP contribution in [0.5, 0.6) is 0 Å². The van der Waals surface area contributed by atoms with E-state index in [0.717, 1.165) is 19.4 Å². The SMILES string of the molecule is CCC(N(C)C)N(CCC(=O)OC)C(CC)N(C)C. The Bertz CT molecular complexity index is 241. The normalized spacial score (nSPS) is 15.1. The molecular weight excluding hydrogens is 242 g/mol. The van der Waals surface area contributed by atoms with Crippen molar-refractivity contribution in [1.29, 1.82) is 0 Å². The molecule has 114 valence electrons. The minimum absolute atomic E-state index is 0.146. The van der Waals surface area contributed by atoms with Crippen molar-refractivity contribution >= 4 is 5.97 Å². The van der Waals surface area contributed by atoms with Gasteiger partial charge in [0, 0.05) is 6.54 Å². The van der Waals surface area contributed by atoms with Crippen molar-refractivity contribution < 1.29 is 9.53 Å². The van der Waals surface area contributed by atoms with Gasteiger partial charge in [0.1, 0.15) is 0 Å². The molecule has 0 rings (SSSR count). The highest BCUT2D eigenvalue weighted by Gasteiger charge is 2.27. The molecule has 0 saturated carbocycles. The number of hydrogen-bond donors (Lipinski definition) is 0. The van der Waals surface area contributed by atoms with Crippen molar-refractivity contribution in [2.45, 2.75) is 45.4 Å². The van der Waals surface area contributed by atoms with E-state index in [1.54, 1.807) is 0 Å². The van der Waals surface area contributed by atoms with Crippen molar-refractivity contribution in [2.75, 3.05) is 41.8 Å². The fraction of sp³-hybridized carbons (Fsp3) is 0.929. The van der Waals surface area contributed by atoms with Crippen LogP contribution in [-0.4, -0.2) is 74.8 Å². The number of rotatable bonds is 9. The number of ether oxygens (including phenoxy) is 1. The lowest BCUT2D eigenvalue weighted by Gasteiger charge is -2.43. The summed E-state index contributed by atoms with van der Waals surface area (Å²) in [7, 11) is 9.78. The van der Waals surface area contributed by atoms with Crippen LogP contribution in [0.25, 0.3) is 0 Å². The van der Waals surface area contributed by atoms with Crippen molar-refractivity contribution in [1.82, 2.24) is 14.7 Å². The van der Waals surface area contributed by atoms with Gasteiger partial charge in [0.25, 0.3) is 0 Å². The molecule has 0 aromatic carbocycles. The van der Waals surface area contributed by atoms with Crippen LogP contribution in [-0.2, 0) is 9.53 Å². The number of methoxy groups -OCH3 is 1. The zero-order chi connectivity index (χ0) is 15.0. The smallest absolute Gasteiger partial charge is 0.306 e. The summed E-state index contributed by atoms with van der Waals surface area (Å²) in [4.78, 5) is 18.2. The third-order valence-corrected chi connectivity index (χ3v) is 3.49. The molecule has 0 aromatic heterocycles.